The lowest BCUT2D eigenvalue weighted by Crippen LogP contribution is -2.32. The third-order valence-corrected chi connectivity index (χ3v) is 8.66. The topological polar surface area (TPSA) is 44.2 Å². The van der Waals surface area contributed by atoms with E-state index in [1.54, 1.807) is 16.0 Å². The highest BCUT2D eigenvalue weighted by molar-refractivity contribution is 7.07. The van der Waals surface area contributed by atoms with Crippen LogP contribution in [0.3, 0.4) is 0 Å². The molecule has 1 saturated carbocycles. The van der Waals surface area contributed by atoms with Gasteiger partial charge in [0.15, 0.2) is 10.5 Å². The van der Waals surface area contributed by atoms with Crippen LogP contribution in [0, 0.1) is 25.7 Å². The minimum Gasteiger partial charge on any atom is -0.313 e. The first-order valence-electron chi connectivity index (χ1n) is 12.5. The summed E-state index contributed by atoms with van der Waals surface area (Å²) in [6.07, 6.45) is 3.63. The minimum absolute atomic E-state index is 0.0851. The van der Waals surface area contributed by atoms with Crippen LogP contribution in [0.25, 0.3) is 16.9 Å². The maximum absolute atomic E-state index is 13.6. The van der Waals surface area contributed by atoms with E-state index in [1.165, 1.54) is 29.7 Å². The van der Waals surface area contributed by atoms with Gasteiger partial charge in [0.1, 0.15) is 0 Å². The van der Waals surface area contributed by atoms with Crippen molar-refractivity contribution < 1.29 is 0 Å². The van der Waals surface area contributed by atoms with Crippen LogP contribution >= 0.6 is 11.3 Å². The van der Waals surface area contributed by atoms with Crippen molar-refractivity contribution in [1.82, 2.24) is 13.9 Å². The number of thiazole rings is 1. The van der Waals surface area contributed by atoms with Crippen molar-refractivity contribution in [3.05, 3.63) is 86.4 Å². The molecule has 3 atom stereocenters. The van der Waals surface area contributed by atoms with E-state index in [1.807, 2.05) is 49.0 Å². The average molecular weight is 487 g/mol. The molecular formula is C29H34N4OS. The zero-order valence-electron chi connectivity index (χ0n) is 21.2. The Kier molecular flexibility index (Phi) is 6.41. The Labute approximate surface area is 211 Å². The normalized spacial score (nSPS) is 20.9. The Morgan fingerprint density at radius 3 is 2.40 bits per heavy atom. The number of hydrogen-bond donors (Lipinski definition) is 0. The molecule has 0 saturated heterocycles. The van der Waals surface area contributed by atoms with Crippen molar-refractivity contribution in [1.29, 1.82) is 0 Å². The van der Waals surface area contributed by atoms with E-state index in [4.69, 9.17) is 4.99 Å². The molecule has 1 fully saturated rings. The molecule has 2 heterocycles. The van der Waals surface area contributed by atoms with E-state index in [-0.39, 0.29) is 5.56 Å². The average Bonchev–Trinajstić information content (AvgIpc) is 3.36. The smallest absolute Gasteiger partial charge is 0.297 e. The van der Waals surface area contributed by atoms with Crippen molar-refractivity contribution in [2.75, 3.05) is 0 Å². The summed E-state index contributed by atoms with van der Waals surface area (Å²) in [4.78, 5) is 19.6. The molecule has 6 heteroatoms. The summed E-state index contributed by atoms with van der Waals surface area (Å²) in [6.45, 7) is 8.83. The summed E-state index contributed by atoms with van der Waals surface area (Å²) in [6, 6.07) is 18.9. The summed E-state index contributed by atoms with van der Waals surface area (Å²) in [5.41, 5.74) is 5.78. The van der Waals surface area contributed by atoms with Gasteiger partial charge in [-0.3, -0.25) is 9.48 Å². The molecule has 2 aromatic carbocycles. The van der Waals surface area contributed by atoms with Gasteiger partial charge in [0.05, 0.1) is 17.1 Å². The van der Waals surface area contributed by atoms with Crippen LogP contribution in [-0.2, 0) is 7.05 Å². The molecule has 0 aliphatic heterocycles. The lowest BCUT2D eigenvalue weighted by atomic mass is 9.78. The number of nitrogens with zero attached hydrogens (tertiary/aromatic N) is 4. The van der Waals surface area contributed by atoms with Gasteiger partial charge >= 0.3 is 0 Å². The van der Waals surface area contributed by atoms with Gasteiger partial charge in [-0.05, 0) is 49.8 Å². The maximum atomic E-state index is 13.6. The van der Waals surface area contributed by atoms with Crippen LogP contribution in [0.4, 0.5) is 5.69 Å². The van der Waals surface area contributed by atoms with Crippen LogP contribution in [-0.4, -0.2) is 13.9 Å². The number of benzene rings is 2. The second kappa shape index (κ2) is 9.50. The minimum atomic E-state index is -0.0851. The van der Waals surface area contributed by atoms with Gasteiger partial charge in [0, 0.05) is 18.5 Å². The molecule has 0 bridgehead atoms. The largest absolute Gasteiger partial charge is 0.313 e. The third kappa shape index (κ3) is 4.25. The summed E-state index contributed by atoms with van der Waals surface area (Å²) < 4.78 is 6.04. The van der Waals surface area contributed by atoms with Crippen LogP contribution in [0.1, 0.15) is 50.4 Å². The Balaban J connectivity index is 1.72. The molecule has 3 unspecified atom stereocenters. The van der Waals surface area contributed by atoms with Gasteiger partial charge in [-0.1, -0.05) is 74.7 Å². The maximum Gasteiger partial charge on any atom is 0.297 e. The second-order valence-electron chi connectivity index (χ2n) is 10.00. The molecule has 1 aliphatic rings. The molecule has 2 aromatic heterocycles. The first-order valence-corrected chi connectivity index (χ1v) is 13.4. The molecule has 35 heavy (non-hydrogen) atoms. The second-order valence-corrected chi connectivity index (χ2v) is 10.8. The first-order chi connectivity index (χ1) is 16.9. The summed E-state index contributed by atoms with van der Waals surface area (Å²) in [7, 11) is 1.92. The predicted molar refractivity (Wildman–Crippen MR) is 145 cm³/mol. The highest BCUT2D eigenvalue weighted by atomic mass is 32.1. The number of aryl methyl sites for hydroxylation is 1. The number of para-hydroxylation sites is 1. The Morgan fingerprint density at radius 1 is 0.971 bits per heavy atom. The van der Waals surface area contributed by atoms with Crippen molar-refractivity contribution in [3.8, 4) is 16.9 Å². The molecule has 4 aromatic rings. The SMILES string of the molecule is Cc1ccc(-c2csc(=Nc3c(C)n(C)n(-c4ccccc4)c3=O)n2C2CCCC(C)C2C)cc1. The van der Waals surface area contributed by atoms with Crippen molar-refractivity contribution in [2.24, 2.45) is 23.9 Å². The van der Waals surface area contributed by atoms with E-state index < -0.39 is 0 Å². The highest BCUT2D eigenvalue weighted by Gasteiger charge is 2.31. The molecule has 1 aliphatic carbocycles. The Bertz CT molecular complexity index is 1450. The lowest BCUT2D eigenvalue weighted by Gasteiger charge is -2.36. The van der Waals surface area contributed by atoms with Gasteiger partial charge in [0.25, 0.3) is 5.56 Å². The third-order valence-electron chi connectivity index (χ3n) is 7.82. The molecule has 5 rings (SSSR count). The van der Waals surface area contributed by atoms with Gasteiger partial charge in [0.2, 0.25) is 0 Å². The molecule has 182 valence electrons. The van der Waals surface area contributed by atoms with Crippen LogP contribution in [0.15, 0.2) is 69.8 Å². The highest BCUT2D eigenvalue weighted by Crippen LogP contribution is 2.39. The molecule has 0 N–H and O–H groups in total. The zero-order valence-corrected chi connectivity index (χ0v) is 22.0. The van der Waals surface area contributed by atoms with E-state index >= 15 is 0 Å². The molecule has 0 spiro atoms. The molecule has 0 radical (unpaired) electrons. The first kappa shape index (κ1) is 23.6. The van der Waals surface area contributed by atoms with E-state index in [0.29, 0.717) is 23.6 Å². The molecule has 5 nitrogen and oxygen atoms in total. The number of aromatic nitrogens is 3. The van der Waals surface area contributed by atoms with E-state index in [9.17, 15) is 4.79 Å². The Morgan fingerprint density at radius 2 is 1.69 bits per heavy atom. The number of rotatable bonds is 4. The fraction of sp³-hybridized carbons (Fsp3) is 0.379. The Hall–Kier alpha value is -3.12. The van der Waals surface area contributed by atoms with Gasteiger partial charge in [-0.2, -0.15) is 0 Å². The van der Waals surface area contributed by atoms with Crippen LogP contribution in [0.2, 0.25) is 0 Å². The monoisotopic (exact) mass is 486 g/mol. The van der Waals surface area contributed by atoms with Crippen molar-refractivity contribution in [2.45, 2.75) is 53.0 Å². The standard InChI is InChI=1S/C29H34N4OS/c1-19-14-16-23(17-15-19)26-18-35-29(32(26)25-13-9-10-20(2)21(25)3)30-27-22(4)31(5)33(28(27)34)24-11-7-6-8-12-24/h6-8,11-12,14-18,20-21,25H,9-10,13H2,1-5H3. The van der Waals surface area contributed by atoms with Gasteiger partial charge < -0.3 is 4.57 Å². The lowest BCUT2D eigenvalue weighted by molar-refractivity contribution is 0.185. The fourth-order valence-corrected chi connectivity index (χ4v) is 6.31. The van der Waals surface area contributed by atoms with Crippen LogP contribution < -0.4 is 10.4 Å². The quantitative estimate of drug-likeness (QED) is 0.322. The number of hydrogen-bond acceptors (Lipinski definition) is 3. The van der Waals surface area contributed by atoms with E-state index in [2.05, 4.69) is 55.0 Å². The summed E-state index contributed by atoms with van der Waals surface area (Å²) in [5.74, 6) is 1.20. The van der Waals surface area contributed by atoms with Gasteiger partial charge in [-0.25, -0.2) is 9.67 Å². The molecular weight excluding hydrogens is 452 g/mol. The van der Waals surface area contributed by atoms with Gasteiger partial charge in [-0.15, -0.1) is 11.3 Å². The van der Waals surface area contributed by atoms with Crippen LogP contribution in [0.5, 0.6) is 0 Å². The zero-order chi connectivity index (χ0) is 24.7. The molecule has 0 amide bonds. The predicted octanol–water partition coefficient (Wildman–Crippen LogP) is 6.55. The van der Waals surface area contributed by atoms with Crippen molar-refractivity contribution >= 4 is 17.0 Å². The summed E-state index contributed by atoms with van der Waals surface area (Å²) in [5, 5.41) is 2.21. The van der Waals surface area contributed by atoms with E-state index in [0.717, 1.165) is 22.6 Å². The van der Waals surface area contributed by atoms with Crippen molar-refractivity contribution in [3.63, 3.8) is 0 Å². The fourth-order valence-electron chi connectivity index (χ4n) is 5.35. The summed E-state index contributed by atoms with van der Waals surface area (Å²) >= 11 is 1.63.